The van der Waals surface area contributed by atoms with E-state index in [1.165, 1.54) is 24.4 Å². The number of hydrogen-bond donors (Lipinski definition) is 1. The van der Waals surface area contributed by atoms with Crippen molar-refractivity contribution in [2.75, 3.05) is 0 Å². The van der Waals surface area contributed by atoms with E-state index in [1.54, 1.807) is 6.07 Å². The predicted octanol–water partition coefficient (Wildman–Crippen LogP) is 4.98. The largest absolute Gasteiger partial charge is 0.477 e. The van der Waals surface area contributed by atoms with Gasteiger partial charge in [0.1, 0.15) is 5.69 Å². The number of carbonyl (C=O) groups is 1. The number of aromatic carboxylic acids is 1. The molecule has 0 spiro atoms. The highest BCUT2D eigenvalue weighted by Crippen LogP contribution is 2.34. The van der Waals surface area contributed by atoms with Crippen molar-refractivity contribution in [1.29, 1.82) is 0 Å². The maximum Gasteiger partial charge on any atom is 0.416 e. The van der Waals surface area contributed by atoms with Crippen LogP contribution in [0.15, 0.2) is 72.9 Å². The molecule has 3 rings (SSSR count). The first-order chi connectivity index (χ1) is 12.4. The number of carboxylic acids is 1. The minimum absolute atomic E-state index is 0.0898. The van der Waals surface area contributed by atoms with Gasteiger partial charge in [0.2, 0.25) is 0 Å². The third-order valence-corrected chi connectivity index (χ3v) is 4.04. The summed E-state index contributed by atoms with van der Waals surface area (Å²) in [6.07, 6.45) is -2.95. The molecule has 132 valence electrons. The average molecular weight is 357 g/mol. The van der Waals surface area contributed by atoms with Crippen LogP contribution in [0.3, 0.4) is 0 Å². The second kappa shape index (κ2) is 7.00. The van der Waals surface area contributed by atoms with Crippen molar-refractivity contribution in [3.63, 3.8) is 0 Å². The van der Waals surface area contributed by atoms with Crippen LogP contribution in [0.4, 0.5) is 13.2 Å². The highest BCUT2D eigenvalue weighted by molar-refractivity contribution is 5.85. The van der Waals surface area contributed by atoms with E-state index in [9.17, 15) is 18.0 Å². The van der Waals surface area contributed by atoms with Gasteiger partial charge in [-0.2, -0.15) is 13.2 Å². The van der Waals surface area contributed by atoms with E-state index in [-0.39, 0.29) is 11.6 Å². The van der Waals surface area contributed by atoms with Crippen molar-refractivity contribution in [2.24, 2.45) is 0 Å². The quantitative estimate of drug-likeness (QED) is 0.716. The number of benzene rings is 2. The molecule has 0 fully saturated rings. The molecule has 3 nitrogen and oxygen atoms in total. The normalized spacial score (nSPS) is 12.6. The molecular weight excluding hydrogens is 343 g/mol. The molecule has 0 saturated heterocycles. The van der Waals surface area contributed by atoms with Crippen LogP contribution in [-0.4, -0.2) is 16.1 Å². The summed E-state index contributed by atoms with van der Waals surface area (Å²) >= 11 is 0. The molecule has 0 radical (unpaired) electrons. The standard InChI is InChI=1S/C20H14F3NO2/c21-20(22,23)16-9-6-14(7-10-16)18(13-4-2-1-3-5-13)15-8-11-17(19(25)26)24-12-15/h1-12,18H,(H,25,26). The first-order valence-corrected chi connectivity index (χ1v) is 7.77. The number of aromatic nitrogens is 1. The fourth-order valence-corrected chi connectivity index (χ4v) is 2.79. The minimum Gasteiger partial charge on any atom is -0.477 e. The van der Waals surface area contributed by atoms with Gasteiger partial charge in [-0.1, -0.05) is 48.5 Å². The topological polar surface area (TPSA) is 50.2 Å². The van der Waals surface area contributed by atoms with Crippen LogP contribution >= 0.6 is 0 Å². The van der Waals surface area contributed by atoms with Crippen molar-refractivity contribution in [3.05, 3.63) is 101 Å². The van der Waals surface area contributed by atoms with Gasteiger partial charge in [0.05, 0.1) is 5.56 Å². The van der Waals surface area contributed by atoms with Crippen molar-refractivity contribution < 1.29 is 23.1 Å². The highest BCUT2D eigenvalue weighted by Gasteiger charge is 2.30. The minimum atomic E-state index is -4.40. The lowest BCUT2D eigenvalue weighted by atomic mass is 9.85. The maximum absolute atomic E-state index is 12.8. The van der Waals surface area contributed by atoms with Crippen LogP contribution in [0, 0.1) is 0 Å². The Morgan fingerprint density at radius 1 is 0.846 bits per heavy atom. The van der Waals surface area contributed by atoms with Crippen molar-refractivity contribution >= 4 is 5.97 Å². The Morgan fingerprint density at radius 2 is 1.42 bits per heavy atom. The average Bonchev–Trinajstić information content (AvgIpc) is 2.63. The summed E-state index contributed by atoms with van der Waals surface area (Å²) in [7, 11) is 0. The molecule has 26 heavy (non-hydrogen) atoms. The van der Waals surface area contributed by atoms with Crippen molar-refractivity contribution in [2.45, 2.75) is 12.1 Å². The molecule has 1 unspecified atom stereocenters. The Labute approximate surface area is 147 Å². The highest BCUT2D eigenvalue weighted by atomic mass is 19.4. The monoisotopic (exact) mass is 357 g/mol. The van der Waals surface area contributed by atoms with E-state index in [1.807, 2.05) is 30.3 Å². The van der Waals surface area contributed by atoms with Crippen molar-refractivity contribution in [1.82, 2.24) is 4.98 Å². The summed E-state index contributed by atoms with van der Waals surface area (Å²) in [5.74, 6) is -1.49. The molecule has 6 heteroatoms. The van der Waals surface area contributed by atoms with Crippen molar-refractivity contribution in [3.8, 4) is 0 Å². The number of hydrogen-bond acceptors (Lipinski definition) is 2. The number of nitrogens with zero attached hydrogens (tertiary/aromatic N) is 1. The van der Waals surface area contributed by atoms with Crippen LogP contribution in [0.25, 0.3) is 0 Å². The smallest absolute Gasteiger partial charge is 0.416 e. The van der Waals surface area contributed by atoms with E-state index >= 15 is 0 Å². The molecule has 0 aliphatic carbocycles. The van der Waals surface area contributed by atoms with Crippen LogP contribution in [0.2, 0.25) is 0 Å². The summed E-state index contributed by atoms with van der Waals surface area (Å²) in [4.78, 5) is 14.9. The fourth-order valence-electron chi connectivity index (χ4n) is 2.79. The lowest BCUT2D eigenvalue weighted by molar-refractivity contribution is -0.137. The lowest BCUT2D eigenvalue weighted by Crippen LogP contribution is -2.08. The third-order valence-electron chi connectivity index (χ3n) is 4.04. The molecule has 0 amide bonds. The van der Waals surface area contributed by atoms with E-state index in [0.29, 0.717) is 11.1 Å². The lowest BCUT2D eigenvalue weighted by Gasteiger charge is -2.19. The van der Waals surface area contributed by atoms with Gasteiger partial charge in [0.15, 0.2) is 0 Å². The van der Waals surface area contributed by atoms with Gasteiger partial charge in [-0.05, 0) is 34.9 Å². The Balaban J connectivity index is 2.06. The number of alkyl halides is 3. The molecule has 0 saturated carbocycles. The van der Waals surface area contributed by atoms with Crippen LogP contribution in [0.5, 0.6) is 0 Å². The summed E-state index contributed by atoms with van der Waals surface area (Å²) in [5, 5.41) is 8.99. The summed E-state index contributed by atoms with van der Waals surface area (Å²) in [6, 6.07) is 17.2. The molecular formula is C20H14F3NO2. The molecule has 1 aromatic heterocycles. The van der Waals surface area contributed by atoms with Gasteiger partial charge in [-0.15, -0.1) is 0 Å². The molecule has 3 aromatic rings. The van der Waals surface area contributed by atoms with Gasteiger partial charge in [-0.25, -0.2) is 9.78 Å². The molecule has 0 bridgehead atoms. The molecule has 1 atom stereocenters. The zero-order valence-electron chi connectivity index (χ0n) is 13.4. The first kappa shape index (κ1) is 17.7. The van der Waals surface area contributed by atoms with Gasteiger partial charge >= 0.3 is 12.1 Å². The number of carboxylic acid groups (broad SMARTS) is 1. The van der Waals surface area contributed by atoms with Crippen LogP contribution < -0.4 is 0 Å². The van der Waals surface area contributed by atoms with E-state index in [2.05, 4.69) is 4.98 Å². The first-order valence-electron chi connectivity index (χ1n) is 7.77. The van der Waals surface area contributed by atoms with Crippen LogP contribution in [-0.2, 0) is 6.18 Å². The van der Waals surface area contributed by atoms with Gasteiger partial charge in [0, 0.05) is 12.1 Å². The predicted molar refractivity (Wildman–Crippen MR) is 90.0 cm³/mol. The molecule has 0 aliphatic rings. The molecule has 0 aliphatic heterocycles. The van der Waals surface area contributed by atoms with Gasteiger partial charge in [0.25, 0.3) is 0 Å². The SMILES string of the molecule is O=C(O)c1ccc(C(c2ccccc2)c2ccc(C(F)(F)F)cc2)cn1. The van der Waals surface area contributed by atoms with E-state index in [4.69, 9.17) is 5.11 Å². The van der Waals surface area contributed by atoms with E-state index < -0.39 is 17.7 Å². The number of rotatable bonds is 4. The maximum atomic E-state index is 12.8. The Morgan fingerprint density at radius 3 is 1.92 bits per heavy atom. The molecule has 1 heterocycles. The summed E-state index contributed by atoms with van der Waals surface area (Å²) in [6.45, 7) is 0. The Bertz CT molecular complexity index is 889. The van der Waals surface area contributed by atoms with Gasteiger partial charge < -0.3 is 5.11 Å². The Hall–Kier alpha value is -3.15. The number of halogens is 3. The zero-order chi connectivity index (χ0) is 18.7. The summed E-state index contributed by atoms with van der Waals surface area (Å²) < 4.78 is 38.5. The number of pyridine rings is 1. The third kappa shape index (κ3) is 3.74. The second-order valence-corrected chi connectivity index (χ2v) is 5.75. The fraction of sp³-hybridized carbons (Fsp3) is 0.100. The van der Waals surface area contributed by atoms with Crippen LogP contribution in [0.1, 0.15) is 38.7 Å². The Kier molecular flexibility index (Phi) is 4.75. The molecule has 2 aromatic carbocycles. The van der Waals surface area contributed by atoms with Gasteiger partial charge in [-0.3, -0.25) is 0 Å². The zero-order valence-corrected chi connectivity index (χ0v) is 13.4. The molecule has 1 N–H and O–H groups in total. The summed E-state index contributed by atoms with van der Waals surface area (Å²) in [5.41, 5.74) is 1.42. The van der Waals surface area contributed by atoms with E-state index in [0.717, 1.165) is 17.7 Å². The second-order valence-electron chi connectivity index (χ2n) is 5.75.